The molecule has 0 amide bonds. The molecule has 5 heteroatoms. The van der Waals surface area contributed by atoms with E-state index in [2.05, 4.69) is 10.2 Å². The van der Waals surface area contributed by atoms with Gasteiger partial charge in [0, 0.05) is 5.02 Å². The molecule has 0 fully saturated rings. The number of aromatic hydroxyl groups is 1. The molecule has 13 heavy (non-hydrogen) atoms. The molecule has 2 N–H and O–H groups in total. The van der Waals surface area contributed by atoms with Crippen LogP contribution in [0.5, 0.6) is 5.75 Å². The van der Waals surface area contributed by atoms with Crippen LogP contribution in [0, 0.1) is 0 Å². The number of benzene rings is 1. The van der Waals surface area contributed by atoms with Crippen LogP contribution < -0.4 is 0 Å². The topological polar surface area (TPSA) is 66.0 Å². The molecular weight excluding hydrogens is 192 g/mol. The standard InChI is InChI=1S/C8H5ClN2O2/c9-4-1-5-8(7(13)2-4)6(3-12)11-10-5/h1-3,13H,(H,10,11). The summed E-state index contributed by atoms with van der Waals surface area (Å²) in [4.78, 5) is 10.5. The molecule has 0 saturated carbocycles. The molecule has 0 radical (unpaired) electrons. The van der Waals surface area contributed by atoms with Crippen LogP contribution in [-0.2, 0) is 0 Å². The Hall–Kier alpha value is -1.55. The number of nitrogens with one attached hydrogen (secondary N) is 1. The van der Waals surface area contributed by atoms with Crippen LogP contribution in [0.15, 0.2) is 12.1 Å². The van der Waals surface area contributed by atoms with E-state index in [1.54, 1.807) is 6.07 Å². The minimum atomic E-state index is -0.0432. The summed E-state index contributed by atoms with van der Waals surface area (Å²) in [6.07, 6.45) is 0.600. The van der Waals surface area contributed by atoms with E-state index in [0.29, 0.717) is 22.2 Å². The van der Waals surface area contributed by atoms with Crippen molar-refractivity contribution in [3.8, 4) is 5.75 Å². The largest absolute Gasteiger partial charge is 0.507 e. The summed E-state index contributed by atoms with van der Waals surface area (Å²) < 4.78 is 0. The first-order chi connectivity index (χ1) is 6.22. The fourth-order valence-corrected chi connectivity index (χ4v) is 1.41. The average molecular weight is 197 g/mol. The van der Waals surface area contributed by atoms with Crippen molar-refractivity contribution in [2.45, 2.75) is 0 Å². The van der Waals surface area contributed by atoms with Gasteiger partial charge in [-0.3, -0.25) is 9.89 Å². The van der Waals surface area contributed by atoms with E-state index < -0.39 is 0 Å². The van der Waals surface area contributed by atoms with Gasteiger partial charge in [0.2, 0.25) is 0 Å². The van der Waals surface area contributed by atoms with Crippen molar-refractivity contribution in [3.63, 3.8) is 0 Å². The molecule has 0 saturated heterocycles. The molecule has 1 heterocycles. The van der Waals surface area contributed by atoms with Crippen LogP contribution in [0.1, 0.15) is 10.5 Å². The minimum Gasteiger partial charge on any atom is -0.507 e. The summed E-state index contributed by atoms with van der Waals surface area (Å²) in [5, 5.41) is 16.5. The summed E-state index contributed by atoms with van der Waals surface area (Å²) in [5.41, 5.74) is 0.733. The van der Waals surface area contributed by atoms with Crippen molar-refractivity contribution in [3.05, 3.63) is 22.8 Å². The second kappa shape index (κ2) is 2.74. The summed E-state index contributed by atoms with van der Waals surface area (Å²) in [6.45, 7) is 0. The Kier molecular flexibility index (Phi) is 1.70. The third-order valence-corrected chi connectivity index (χ3v) is 1.96. The number of H-pyrrole nitrogens is 1. The lowest BCUT2D eigenvalue weighted by Gasteiger charge is -1.95. The van der Waals surface area contributed by atoms with Gasteiger partial charge in [0.1, 0.15) is 11.4 Å². The number of carbonyl (C=O) groups excluding carboxylic acids is 1. The third kappa shape index (κ3) is 1.15. The van der Waals surface area contributed by atoms with E-state index >= 15 is 0 Å². The Morgan fingerprint density at radius 1 is 1.54 bits per heavy atom. The first kappa shape index (κ1) is 8.07. The van der Waals surface area contributed by atoms with Crippen LogP contribution in [0.25, 0.3) is 10.9 Å². The second-order valence-corrected chi connectivity index (χ2v) is 3.01. The smallest absolute Gasteiger partial charge is 0.168 e. The van der Waals surface area contributed by atoms with E-state index in [4.69, 9.17) is 11.6 Å². The quantitative estimate of drug-likeness (QED) is 0.683. The van der Waals surface area contributed by atoms with Crippen molar-refractivity contribution >= 4 is 28.8 Å². The normalized spacial score (nSPS) is 10.5. The Labute approximate surface area is 78.1 Å². The Morgan fingerprint density at radius 2 is 2.31 bits per heavy atom. The van der Waals surface area contributed by atoms with Gasteiger partial charge in [-0.25, -0.2) is 0 Å². The summed E-state index contributed by atoms with van der Waals surface area (Å²) in [6, 6.07) is 2.94. The monoisotopic (exact) mass is 196 g/mol. The van der Waals surface area contributed by atoms with Gasteiger partial charge in [0.15, 0.2) is 6.29 Å². The van der Waals surface area contributed by atoms with Crippen LogP contribution in [0.4, 0.5) is 0 Å². The van der Waals surface area contributed by atoms with Gasteiger partial charge >= 0.3 is 0 Å². The molecule has 0 unspecified atom stereocenters. The Morgan fingerprint density at radius 3 is 3.00 bits per heavy atom. The number of rotatable bonds is 1. The van der Waals surface area contributed by atoms with Gasteiger partial charge in [0.25, 0.3) is 0 Å². The first-order valence-electron chi connectivity index (χ1n) is 3.54. The Bertz CT molecular complexity index is 478. The lowest BCUT2D eigenvalue weighted by molar-refractivity contribution is 0.112. The number of carbonyl (C=O) groups is 1. The van der Waals surface area contributed by atoms with E-state index in [1.807, 2.05) is 0 Å². The van der Waals surface area contributed by atoms with Gasteiger partial charge < -0.3 is 5.11 Å². The van der Waals surface area contributed by atoms with Crippen LogP contribution >= 0.6 is 11.6 Å². The molecule has 2 rings (SSSR count). The third-order valence-electron chi connectivity index (χ3n) is 1.75. The highest BCUT2D eigenvalue weighted by Crippen LogP contribution is 2.29. The van der Waals surface area contributed by atoms with E-state index in [9.17, 15) is 9.90 Å². The highest BCUT2D eigenvalue weighted by Gasteiger charge is 2.09. The Balaban J connectivity index is 2.89. The highest BCUT2D eigenvalue weighted by molar-refractivity contribution is 6.31. The number of halogens is 1. The summed E-state index contributed by atoms with van der Waals surface area (Å²) in [7, 11) is 0. The van der Waals surface area contributed by atoms with Crippen molar-refractivity contribution in [2.75, 3.05) is 0 Å². The number of phenols is 1. The SMILES string of the molecule is O=Cc1[nH]nc2cc(Cl)cc(O)c12. The molecule has 1 aromatic heterocycles. The molecule has 0 aliphatic rings. The number of fused-ring (bicyclic) bond motifs is 1. The van der Waals surface area contributed by atoms with Crippen LogP contribution in [-0.4, -0.2) is 21.6 Å². The first-order valence-corrected chi connectivity index (χ1v) is 3.92. The predicted octanol–water partition coefficient (Wildman–Crippen LogP) is 1.73. The molecule has 1 aromatic carbocycles. The zero-order chi connectivity index (χ0) is 9.42. The maximum absolute atomic E-state index is 10.5. The average Bonchev–Trinajstić information content (AvgIpc) is 2.47. The fraction of sp³-hybridized carbons (Fsp3) is 0. The maximum Gasteiger partial charge on any atom is 0.168 e. The number of aromatic nitrogens is 2. The summed E-state index contributed by atoms with van der Waals surface area (Å²) >= 11 is 5.67. The van der Waals surface area contributed by atoms with Gasteiger partial charge in [-0.2, -0.15) is 5.10 Å². The van der Waals surface area contributed by atoms with E-state index in [0.717, 1.165) is 0 Å². The van der Waals surface area contributed by atoms with Gasteiger partial charge in [-0.15, -0.1) is 0 Å². The molecule has 0 spiro atoms. The van der Waals surface area contributed by atoms with Gasteiger partial charge in [0.05, 0.1) is 10.9 Å². The predicted molar refractivity (Wildman–Crippen MR) is 48.2 cm³/mol. The maximum atomic E-state index is 10.5. The van der Waals surface area contributed by atoms with Gasteiger partial charge in [-0.1, -0.05) is 11.6 Å². The van der Waals surface area contributed by atoms with Crippen LogP contribution in [0.3, 0.4) is 0 Å². The lowest BCUT2D eigenvalue weighted by Crippen LogP contribution is -1.79. The fourth-order valence-electron chi connectivity index (χ4n) is 1.20. The number of aldehydes is 1. The zero-order valence-electron chi connectivity index (χ0n) is 6.41. The number of hydrogen-bond donors (Lipinski definition) is 2. The molecule has 2 aromatic rings. The molecule has 0 aliphatic carbocycles. The lowest BCUT2D eigenvalue weighted by atomic mass is 10.2. The minimum absolute atomic E-state index is 0.0432. The molecule has 66 valence electrons. The molecule has 4 nitrogen and oxygen atoms in total. The molecule has 0 aliphatic heterocycles. The molecular formula is C8H5ClN2O2. The van der Waals surface area contributed by atoms with Crippen molar-refractivity contribution < 1.29 is 9.90 Å². The number of aromatic amines is 1. The van der Waals surface area contributed by atoms with Crippen molar-refractivity contribution in [1.29, 1.82) is 0 Å². The number of nitrogens with zero attached hydrogens (tertiary/aromatic N) is 1. The second-order valence-electron chi connectivity index (χ2n) is 2.57. The molecule has 0 bridgehead atoms. The van der Waals surface area contributed by atoms with Crippen LogP contribution in [0.2, 0.25) is 5.02 Å². The van der Waals surface area contributed by atoms with E-state index in [-0.39, 0.29) is 11.4 Å². The number of phenolic OH excluding ortho intramolecular Hbond substituents is 1. The number of hydrogen-bond acceptors (Lipinski definition) is 3. The van der Waals surface area contributed by atoms with Crippen molar-refractivity contribution in [2.24, 2.45) is 0 Å². The molecule has 0 atom stereocenters. The van der Waals surface area contributed by atoms with Gasteiger partial charge in [-0.05, 0) is 12.1 Å². The van der Waals surface area contributed by atoms with Crippen molar-refractivity contribution in [1.82, 2.24) is 10.2 Å². The summed E-state index contributed by atoms with van der Waals surface area (Å²) in [5.74, 6) is -0.0432. The zero-order valence-corrected chi connectivity index (χ0v) is 7.17. The highest BCUT2D eigenvalue weighted by atomic mass is 35.5. The van der Waals surface area contributed by atoms with E-state index in [1.165, 1.54) is 6.07 Å².